The number of rotatable bonds is 3. The van der Waals surface area contributed by atoms with Gasteiger partial charge in [0.1, 0.15) is 5.75 Å². The Balaban J connectivity index is 1.32. The number of phenolic OH excluding ortho intramolecular Hbond substituents is 1. The van der Waals surface area contributed by atoms with Crippen LogP contribution in [0.15, 0.2) is 74.7 Å². The molecule has 1 N–H and O–H groups in total. The van der Waals surface area contributed by atoms with Gasteiger partial charge in [-0.05, 0) is 50.3 Å². The molecule has 0 aromatic heterocycles. The first-order chi connectivity index (χ1) is 14.6. The van der Waals surface area contributed by atoms with E-state index in [-0.39, 0.29) is 5.75 Å². The van der Waals surface area contributed by atoms with E-state index in [9.17, 15) is 5.11 Å². The van der Waals surface area contributed by atoms with Crippen molar-refractivity contribution >= 4 is 38.1 Å². The van der Waals surface area contributed by atoms with Gasteiger partial charge in [0.2, 0.25) is 0 Å². The summed E-state index contributed by atoms with van der Waals surface area (Å²) in [4.78, 5) is 2.56. The number of aromatic hydroxyl groups is 1. The Labute approximate surface area is 193 Å². The van der Waals surface area contributed by atoms with Crippen molar-refractivity contribution in [1.29, 1.82) is 0 Å². The van der Waals surface area contributed by atoms with E-state index in [0.717, 1.165) is 30.7 Å². The lowest BCUT2D eigenvalue weighted by atomic mass is 10.0. The molecule has 0 atom stereocenters. The Morgan fingerprint density at radius 3 is 2.10 bits per heavy atom. The largest absolute Gasteiger partial charge is 0.506 e. The van der Waals surface area contributed by atoms with Crippen LogP contribution in [0.1, 0.15) is 22.7 Å². The number of benzene rings is 3. The van der Waals surface area contributed by atoms with Crippen molar-refractivity contribution in [1.82, 2.24) is 9.91 Å². The van der Waals surface area contributed by atoms with Crippen LogP contribution in [0.25, 0.3) is 11.1 Å². The second kappa shape index (κ2) is 8.17. The average molecular weight is 527 g/mol. The summed E-state index contributed by atoms with van der Waals surface area (Å²) in [7, 11) is 0. The molecule has 0 radical (unpaired) electrons. The van der Waals surface area contributed by atoms with Gasteiger partial charge in [-0.1, -0.05) is 64.5 Å². The van der Waals surface area contributed by atoms with Gasteiger partial charge in [-0.15, -0.1) is 0 Å². The summed E-state index contributed by atoms with van der Waals surface area (Å²) in [5.74, 6) is 0.208. The molecule has 6 heteroatoms. The van der Waals surface area contributed by atoms with Gasteiger partial charge >= 0.3 is 0 Å². The highest BCUT2D eigenvalue weighted by Gasteiger charge is 2.33. The van der Waals surface area contributed by atoms with Crippen molar-refractivity contribution < 1.29 is 5.11 Å². The number of piperazine rings is 1. The van der Waals surface area contributed by atoms with E-state index >= 15 is 0 Å². The Morgan fingerprint density at radius 2 is 1.47 bits per heavy atom. The molecule has 5 rings (SSSR count). The number of hydrogen-bond donors (Lipinski definition) is 1. The maximum absolute atomic E-state index is 10.2. The highest BCUT2D eigenvalue weighted by Crippen LogP contribution is 2.46. The van der Waals surface area contributed by atoms with E-state index in [2.05, 4.69) is 95.4 Å². The van der Waals surface area contributed by atoms with E-state index < -0.39 is 0 Å². The van der Waals surface area contributed by atoms with Crippen LogP contribution < -0.4 is 0 Å². The van der Waals surface area contributed by atoms with Gasteiger partial charge in [0.15, 0.2) is 0 Å². The minimum absolute atomic E-state index is 0.208. The summed E-state index contributed by atoms with van der Waals surface area (Å²) in [5, 5.41) is 16.9. The second-order valence-electron chi connectivity index (χ2n) is 7.64. The highest BCUT2D eigenvalue weighted by molar-refractivity contribution is 9.11. The molecule has 0 unspecified atom stereocenters. The first kappa shape index (κ1) is 19.8. The van der Waals surface area contributed by atoms with Crippen LogP contribution in [-0.2, 0) is 0 Å². The molecule has 0 bridgehead atoms. The summed E-state index contributed by atoms with van der Waals surface area (Å²) in [5.41, 5.74) is 6.21. The van der Waals surface area contributed by atoms with Gasteiger partial charge in [0.25, 0.3) is 0 Å². The van der Waals surface area contributed by atoms with Crippen molar-refractivity contribution in [3.63, 3.8) is 0 Å². The van der Waals surface area contributed by atoms with Crippen molar-refractivity contribution in [2.75, 3.05) is 26.2 Å². The maximum atomic E-state index is 10.2. The molecule has 0 spiro atoms. The van der Waals surface area contributed by atoms with Gasteiger partial charge < -0.3 is 5.11 Å². The van der Waals surface area contributed by atoms with Crippen LogP contribution in [0, 0.1) is 0 Å². The number of nitrogens with zero attached hydrogens (tertiary/aromatic N) is 3. The van der Waals surface area contributed by atoms with Crippen molar-refractivity contribution in [3.05, 3.63) is 86.3 Å². The van der Waals surface area contributed by atoms with Crippen molar-refractivity contribution in [2.45, 2.75) is 6.04 Å². The molecule has 152 valence electrons. The summed E-state index contributed by atoms with van der Waals surface area (Å²) < 4.78 is 1.55. The van der Waals surface area contributed by atoms with Crippen LogP contribution in [0.4, 0.5) is 0 Å². The molecular weight excluding hydrogens is 506 g/mol. The predicted molar refractivity (Wildman–Crippen MR) is 128 cm³/mol. The summed E-state index contributed by atoms with van der Waals surface area (Å²) in [6.45, 7) is 3.60. The fraction of sp³-hybridized carbons (Fsp3) is 0.208. The SMILES string of the molecule is Oc1c(Br)cc(Br)cc1/C=N\N1CCN(C2c3ccccc3-c3ccccc32)CC1. The third-order valence-corrected chi connectivity index (χ3v) is 6.94. The zero-order valence-corrected chi connectivity index (χ0v) is 19.5. The predicted octanol–water partition coefficient (Wildman–Crippen LogP) is 5.64. The van der Waals surface area contributed by atoms with Crippen molar-refractivity contribution in [2.24, 2.45) is 5.10 Å². The molecule has 0 saturated carbocycles. The van der Waals surface area contributed by atoms with Gasteiger partial charge in [0.05, 0.1) is 16.7 Å². The van der Waals surface area contributed by atoms with Crippen molar-refractivity contribution in [3.8, 4) is 16.9 Å². The van der Waals surface area contributed by atoms with Crippen LogP contribution in [-0.4, -0.2) is 47.4 Å². The summed E-state index contributed by atoms with van der Waals surface area (Å²) in [6, 6.07) is 21.5. The molecule has 1 fully saturated rings. The fourth-order valence-corrected chi connectivity index (χ4v) is 5.69. The second-order valence-corrected chi connectivity index (χ2v) is 9.41. The molecule has 0 amide bonds. The topological polar surface area (TPSA) is 39.1 Å². The minimum atomic E-state index is 0.208. The van der Waals surface area contributed by atoms with Crippen LogP contribution in [0.5, 0.6) is 5.75 Å². The molecular formula is C24H21Br2N3O. The molecule has 1 saturated heterocycles. The number of halogens is 2. The van der Waals surface area contributed by atoms with Crippen LogP contribution in [0.3, 0.4) is 0 Å². The summed E-state index contributed by atoms with van der Waals surface area (Å²) >= 11 is 6.84. The third kappa shape index (κ3) is 3.57. The first-order valence-corrected chi connectivity index (χ1v) is 11.6. The lowest BCUT2D eigenvalue weighted by molar-refractivity contribution is 0.114. The first-order valence-electron chi connectivity index (χ1n) is 10.0. The van der Waals surface area contributed by atoms with E-state index in [0.29, 0.717) is 16.1 Å². The molecule has 2 aliphatic rings. The zero-order valence-electron chi connectivity index (χ0n) is 16.3. The highest BCUT2D eigenvalue weighted by atomic mass is 79.9. The van der Waals surface area contributed by atoms with E-state index in [1.165, 1.54) is 22.3 Å². The lowest BCUT2D eigenvalue weighted by Crippen LogP contribution is -2.45. The Morgan fingerprint density at radius 1 is 0.867 bits per heavy atom. The van der Waals surface area contributed by atoms with Crippen LogP contribution >= 0.6 is 31.9 Å². The number of hydrogen-bond acceptors (Lipinski definition) is 4. The smallest absolute Gasteiger partial charge is 0.138 e. The molecule has 1 heterocycles. The Hall–Kier alpha value is -2.15. The number of hydrazone groups is 1. The molecule has 4 nitrogen and oxygen atoms in total. The lowest BCUT2D eigenvalue weighted by Gasteiger charge is -2.37. The molecule has 1 aliphatic heterocycles. The van der Waals surface area contributed by atoms with Gasteiger partial charge in [-0.2, -0.15) is 5.10 Å². The van der Waals surface area contributed by atoms with E-state index in [1.807, 2.05) is 12.1 Å². The average Bonchev–Trinajstić information content (AvgIpc) is 3.10. The number of fused-ring (bicyclic) bond motifs is 3. The zero-order chi connectivity index (χ0) is 20.7. The fourth-order valence-electron chi connectivity index (χ4n) is 4.44. The van der Waals surface area contributed by atoms with E-state index in [4.69, 9.17) is 0 Å². The molecule has 3 aromatic carbocycles. The minimum Gasteiger partial charge on any atom is -0.506 e. The molecule has 30 heavy (non-hydrogen) atoms. The molecule has 3 aromatic rings. The quantitative estimate of drug-likeness (QED) is 0.449. The standard InChI is InChI=1S/C24H21Br2N3O/c25-17-13-16(24(30)22(26)14-17)15-27-29-11-9-28(10-12-29)23-20-7-3-1-5-18(20)19-6-2-4-8-21(19)23/h1-8,13-15,23,30H,9-12H2/b27-15-. The third-order valence-electron chi connectivity index (χ3n) is 5.87. The van der Waals surface area contributed by atoms with Gasteiger partial charge in [-0.25, -0.2) is 0 Å². The maximum Gasteiger partial charge on any atom is 0.138 e. The van der Waals surface area contributed by atoms with E-state index in [1.54, 1.807) is 6.21 Å². The monoisotopic (exact) mass is 525 g/mol. The Bertz CT molecular complexity index is 1080. The Kier molecular flexibility index (Phi) is 5.39. The normalized spacial score (nSPS) is 16.8. The molecule has 1 aliphatic carbocycles. The van der Waals surface area contributed by atoms with Crippen LogP contribution in [0.2, 0.25) is 0 Å². The van der Waals surface area contributed by atoms with Gasteiger partial charge in [0, 0.05) is 36.2 Å². The van der Waals surface area contributed by atoms with Gasteiger partial charge in [-0.3, -0.25) is 9.91 Å². The number of phenols is 1. The summed E-state index contributed by atoms with van der Waals surface area (Å²) in [6.07, 6.45) is 1.74.